The molecule has 100 valence electrons. The van der Waals surface area contributed by atoms with Crippen LogP contribution in [-0.4, -0.2) is 22.2 Å². The summed E-state index contributed by atoms with van der Waals surface area (Å²) in [7, 11) is 0. The molecule has 0 atom stereocenters. The molecule has 0 aliphatic carbocycles. The molecule has 0 bridgehead atoms. The predicted octanol–water partition coefficient (Wildman–Crippen LogP) is 1.60. The Labute approximate surface area is 106 Å². The predicted molar refractivity (Wildman–Crippen MR) is 67.6 cm³/mol. The van der Waals surface area contributed by atoms with E-state index in [1.807, 2.05) is 4.57 Å². The van der Waals surface area contributed by atoms with E-state index in [-0.39, 0.29) is 17.1 Å². The van der Waals surface area contributed by atoms with Crippen LogP contribution in [0.1, 0.15) is 31.9 Å². The molecule has 0 saturated heterocycles. The van der Waals surface area contributed by atoms with Gasteiger partial charge >= 0.3 is 5.97 Å². The average Bonchev–Trinajstić information content (AvgIpc) is 2.33. The van der Waals surface area contributed by atoms with Gasteiger partial charge in [-0.05, 0) is 26.2 Å². The van der Waals surface area contributed by atoms with Gasteiger partial charge in [0.25, 0.3) is 0 Å². The summed E-state index contributed by atoms with van der Waals surface area (Å²) in [4.78, 5) is 21.7. The smallest absolute Gasteiger partial charge is 0.302 e. The van der Waals surface area contributed by atoms with Gasteiger partial charge in [0.1, 0.15) is 0 Å². The second kappa shape index (κ2) is 6.83. The van der Waals surface area contributed by atoms with Crippen LogP contribution in [0.4, 0.5) is 0 Å². The van der Waals surface area contributed by atoms with Gasteiger partial charge < -0.3 is 14.4 Å². The second-order valence-corrected chi connectivity index (χ2v) is 4.21. The first kappa shape index (κ1) is 14.3. The highest BCUT2D eigenvalue weighted by atomic mass is 16.5. The molecule has 0 aromatic carbocycles. The third-order valence-corrected chi connectivity index (χ3v) is 2.76. The minimum absolute atomic E-state index is 0.183. The van der Waals surface area contributed by atoms with E-state index in [9.17, 15) is 14.7 Å². The number of rotatable bonds is 6. The molecule has 0 saturated carbocycles. The monoisotopic (exact) mass is 253 g/mol. The average molecular weight is 253 g/mol. The summed E-state index contributed by atoms with van der Waals surface area (Å²) in [6.07, 6.45) is 4.35. The number of aryl methyl sites for hydroxylation is 1. The molecule has 0 aliphatic heterocycles. The SMILES string of the molecule is CC(=O)OCCCCCn1ccc(=O)c(O)c1C. The van der Waals surface area contributed by atoms with Gasteiger partial charge in [-0.15, -0.1) is 0 Å². The second-order valence-electron chi connectivity index (χ2n) is 4.21. The lowest BCUT2D eigenvalue weighted by Crippen LogP contribution is -2.10. The Morgan fingerprint density at radius 3 is 2.78 bits per heavy atom. The van der Waals surface area contributed by atoms with Gasteiger partial charge in [-0.25, -0.2) is 0 Å². The molecule has 0 spiro atoms. The van der Waals surface area contributed by atoms with Crippen LogP contribution in [0.3, 0.4) is 0 Å². The normalized spacial score (nSPS) is 10.3. The van der Waals surface area contributed by atoms with E-state index >= 15 is 0 Å². The summed E-state index contributed by atoms with van der Waals surface area (Å²) in [5, 5.41) is 9.50. The maximum atomic E-state index is 11.2. The zero-order valence-corrected chi connectivity index (χ0v) is 10.8. The quantitative estimate of drug-likeness (QED) is 0.617. The number of hydrogen-bond donors (Lipinski definition) is 1. The number of esters is 1. The van der Waals surface area contributed by atoms with Gasteiger partial charge in [-0.2, -0.15) is 0 Å². The van der Waals surface area contributed by atoms with Crippen molar-refractivity contribution in [1.82, 2.24) is 4.57 Å². The Bertz CT molecular complexity index is 465. The Morgan fingerprint density at radius 1 is 1.39 bits per heavy atom. The van der Waals surface area contributed by atoms with Crippen molar-refractivity contribution >= 4 is 5.97 Å². The molecule has 5 heteroatoms. The maximum Gasteiger partial charge on any atom is 0.302 e. The van der Waals surface area contributed by atoms with Gasteiger partial charge in [0.05, 0.1) is 12.3 Å². The number of pyridine rings is 1. The van der Waals surface area contributed by atoms with E-state index in [2.05, 4.69) is 0 Å². The highest BCUT2D eigenvalue weighted by Crippen LogP contribution is 2.10. The maximum absolute atomic E-state index is 11.2. The van der Waals surface area contributed by atoms with E-state index in [4.69, 9.17) is 4.74 Å². The number of carbonyl (C=O) groups excluding carboxylic acids is 1. The Kier molecular flexibility index (Phi) is 5.42. The van der Waals surface area contributed by atoms with Gasteiger partial charge in [0.15, 0.2) is 5.75 Å². The molecule has 1 aromatic rings. The molecular formula is C13H19NO4. The van der Waals surface area contributed by atoms with Crippen molar-refractivity contribution in [3.8, 4) is 5.75 Å². The lowest BCUT2D eigenvalue weighted by atomic mass is 10.2. The molecule has 0 amide bonds. The van der Waals surface area contributed by atoms with Crippen LogP contribution in [0.2, 0.25) is 0 Å². The largest absolute Gasteiger partial charge is 0.503 e. The van der Waals surface area contributed by atoms with Crippen LogP contribution < -0.4 is 5.43 Å². The molecule has 5 nitrogen and oxygen atoms in total. The lowest BCUT2D eigenvalue weighted by molar-refractivity contribution is -0.141. The first-order valence-electron chi connectivity index (χ1n) is 6.04. The zero-order chi connectivity index (χ0) is 13.5. The van der Waals surface area contributed by atoms with Crippen LogP contribution in [0.25, 0.3) is 0 Å². The van der Waals surface area contributed by atoms with Crippen LogP contribution in [0.15, 0.2) is 17.1 Å². The standard InChI is InChI=1S/C13H19NO4/c1-10-13(17)12(16)6-8-14(10)7-4-3-5-9-18-11(2)15/h6,8,17H,3-5,7,9H2,1-2H3. The number of aromatic hydroxyl groups is 1. The number of nitrogens with zero attached hydrogens (tertiary/aromatic N) is 1. The molecule has 0 radical (unpaired) electrons. The van der Waals surface area contributed by atoms with Crippen LogP contribution in [-0.2, 0) is 16.1 Å². The summed E-state index contributed by atoms with van der Waals surface area (Å²) < 4.78 is 6.68. The molecule has 1 aromatic heterocycles. The fourth-order valence-corrected chi connectivity index (χ4v) is 1.68. The van der Waals surface area contributed by atoms with Crippen molar-refractivity contribution in [3.63, 3.8) is 0 Å². The lowest BCUT2D eigenvalue weighted by Gasteiger charge is -2.11. The van der Waals surface area contributed by atoms with E-state index in [1.165, 1.54) is 13.0 Å². The Balaban J connectivity index is 2.34. The van der Waals surface area contributed by atoms with Crippen molar-refractivity contribution < 1.29 is 14.6 Å². The van der Waals surface area contributed by atoms with Crippen molar-refractivity contribution in [2.45, 2.75) is 39.7 Å². The topological polar surface area (TPSA) is 68.5 Å². The fraction of sp³-hybridized carbons (Fsp3) is 0.538. The number of aromatic nitrogens is 1. The summed E-state index contributed by atoms with van der Waals surface area (Å²) in [6.45, 7) is 4.30. The Hall–Kier alpha value is -1.78. The number of unbranched alkanes of at least 4 members (excludes halogenated alkanes) is 2. The molecule has 1 rings (SSSR count). The van der Waals surface area contributed by atoms with Gasteiger partial charge in [0, 0.05) is 25.7 Å². The highest BCUT2D eigenvalue weighted by Gasteiger charge is 2.04. The van der Waals surface area contributed by atoms with Crippen LogP contribution in [0.5, 0.6) is 5.75 Å². The number of ether oxygens (including phenoxy) is 1. The summed E-state index contributed by atoms with van der Waals surface area (Å²) in [5.41, 5.74) is 0.237. The Morgan fingerprint density at radius 2 is 2.11 bits per heavy atom. The number of carbonyl (C=O) groups is 1. The van der Waals surface area contributed by atoms with Crippen molar-refractivity contribution in [2.75, 3.05) is 6.61 Å². The first-order chi connectivity index (χ1) is 8.52. The fourth-order valence-electron chi connectivity index (χ4n) is 1.68. The van der Waals surface area contributed by atoms with E-state index in [0.29, 0.717) is 12.3 Å². The van der Waals surface area contributed by atoms with Crippen molar-refractivity contribution in [2.24, 2.45) is 0 Å². The van der Waals surface area contributed by atoms with E-state index < -0.39 is 0 Å². The molecule has 18 heavy (non-hydrogen) atoms. The van der Waals surface area contributed by atoms with Gasteiger partial charge in [0.2, 0.25) is 5.43 Å². The van der Waals surface area contributed by atoms with Gasteiger partial charge in [-0.1, -0.05) is 0 Å². The van der Waals surface area contributed by atoms with Crippen molar-refractivity contribution in [1.29, 1.82) is 0 Å². The molecule has 0 unspecified atom stereocenters. The van der Waals surface area contributed by atoms with Gasteiger partial charge in [-0.3, -0.25) is 9.59 Å². The summed E-state index contributed by atoms with van der Waals surface area (Å²) in [6, 6.07) is 1.36. The minimum Gasteiger partial charge on any atom is -0.503 e. The third kappa shape index (κ3) is 4.24. The van der Waals surface area contributed by atoms with E-state index in [1.54, 1.807) is 13.1 Å². The summed E-state index contributed by atoms with van der Waals surface area (Å²) >= 11 is 0. The van der Waals surface area contributed by atoms with Crippen molar-refractivity contribution in [3.05, 3.63) is 28.2 Å². The van der Waals surface area contributed by atoms with Crippen LogP contribution >= 0.6 is 0 Å². The van der Waals surface area contributed by atoms with Crippen LogP contribution in [0, 0.1) is 6.92 Å². The first-order valence-corrected chi connectivity index (χ1v) is 6.04. The van der Waals surface area contributed by atoms with E-state index in [0.717, 1.165) is 25.8 Å². The minimum atomic E-state index is -0.349. The molecule has 0 fully saturated rings. The molecular weight excluding hydrogens is 234 g/mol. The number of hydrogen-bond acceptors (Lipinski definition) is 4. The highest BCUT2D eigenvalue weighted by molar-refractivity contribution is 5.65. The molecule has 0 aliphatic rings. The molecule has 1 heterocycles. The molecule has 1 N–H and O–H groups in total. The summed E-state index contributed by atoms with van der Waals surface area (Å²) in [5.74, 6) is -0.436. The zero-order valence-electron chi connectivity index (χ0n) is 10.8. The third-order valence-electron chi connectivity index (χ3n) is 2.76.